The molecule has 0 saturated carbocycles. The first-order valence-corrected chi connectivity index (χ1v) is 19.0. The van der Waals surface area contributed by atoms with Crippen molar-refractivity contribution in [1.29, 1.82) is 0 Å². The van der Waals surface area contributed by atoms with Gasteiger partial charge in [0, 0.05) is 39.4 Å². The number of nitrogens with zero attached hydrogens (tertiary/aromatic N) is 6. The molecule has 0 spiro atoms. The van der Waals surface area contributed by atoms with Crippen LogP contribution in [0.5, 0.6) is 5.75 Å². The quantitative estimate of drug-likeness (QED) is 0.186. The lowest BCUT2D eigenvalue weighted by Gasteiger charge is -2.38. The van der Waals surface area contributed by atoms with Crippen molar-refractivity contribution in [2.24, 2.45) is 18.4 Å². The fourth-order valence-electron chi connectivity index (χ4n) is 6.70. The summed E-state index contributed by atoms with van der Waals surface area (Å²) in [6.07, 6.45) is 0.657. The number of aliphatic hydroxyl groups excluding tert-OH is 1. The molecule has 1 saturated heterocycles. The highest BCUT2D eigenvalue weighted by atomic mass is 32.2. The molecule has 14 heteroatoms. The van der Waals surface area contributed by atoms with Crippen molar-refractivity contribution in [3.05, 3.63) is 84.3 Å². The number of aryl methyl sites for hydroxylation is 1. The average Bonchev–Trinajstić information content (AvgIpc) is 3.61. The van der Waals surface area contributed by atoms with Gasteiger partial charge in [0.15, 0.2) is 5.65 Å². The minimum absolute atomic E-state index is 0.0443. The van der Waals surface area contributed by atoms with Crippen LogP contribution in [0.3, 0.4) is 0 Å². The van der Waals surface area contributed by atoms with Gasteiger partial charge in [-0.05, 0) is 59.7 Å². The number of ether oxygens (including phenoxy) is 1. The molecule has 2 N–H and O–H groups in total. The zero-order valence-electron chi connectivity index (χ0n) is 31.1. The third-order valence-corrected chi connectivity index (χ3v) is 11.2. The van der Waals surface area contributed by atoms with Crippen LogP contribution in [0.25, 0.3) is 11.2 Å². The molecule has 1 aliphatic heterocycles. The number of urea groups is 1. The highest BCUT2D eigenvalue weighted by Crippen LogP contribution is 2.29. The van der Waals surface area contributed by atoms with Gasteiger partial charge in [0.1, 0.15) is 23.1 Å². The number of amides is 3. The van der Waals surface area contributed by atoms with E-state index in [9.17, 15) is 23.1 Å². The second-order valence-corrected chi connectivity index (χ2v) is 16.8. The Morgan fingerprint density at radius 1 is 1.02 bits per heavy atom. The lowest BCUT2D eigenvalue weighted by Crippen LogP contribution is -2.59. The van der Waals surface area contributed by atoms with E-state index in [4.69, 9.17) is 4.74 Å². The van der Waals surface area contributed by atoms with Crippen LogP contribution >= 0.6 is 0 Å². The molecule has 3 amide bonds. The van der Waals surface area contributed by atoms with Gasteiger partial charge in [-0.2, -0.15) is 4.31 Å². The Morgan fingerprint density at radius 2 is 1.71 bits per heavy atom. The zero-order chi connectivity index (χ0) is 37.8. The fourth-order valence-corrected chi connectivity index (χ4v) is 8.32. The van der Waals surface area contributed by atoms with Crippen LogP contribution in [0, 0.1) is 11.3 Å². The molecule has 3 atom stereocenters. The Balaban J connectivity index is 1.39. The van der Waals surface area contributed by atoms with Gasteiger partial charge in [-0.3, -0.25) is 4.79 Å². The second kappa shape index (κ2) is 16.0. The number of nitrogens with one attached hydrogen (secondary N) is 1. The molecule has 1 fully saturated rings. The number of rotatable bonds is 15. The predicted octanol–water partition coefficient (Wildman–Crippen LogP) is 4.06. The van der Waals surface area contributed by atoms with E-state index in [1.807, 2.05) is 88.7 Å². The zero-order valence-corrected chi connectivity index (χ0v) is 31.9. The van der Waals surface area contributed by atoms with E-state index in [0.29, 0.717) is 24.7 Å². The third-order valence-electron chi connectivity index (χ3n) is 9.31. The predicted molar refractivity (Wildman–Crippen MR) is 199 cm³/mol. The van der Waals surface area contributed by atoms with Gasteiger partial charge >= 0.3 is 6.03 Å². The van der Waals surface area contributed by atoms with Crippen LogP contribution in [0.2, 0.25) is 0 Å². The first-order chi connectivity index (χ1) is 24.6. The number of carbonyl (C=O) groups is 2. The Morgan fingerprint density at radius 3 is 2.33 bits per heavy atom. The Bertz CT molecular complexity index is 1940. The highest BCUT2D eigenvalue weighted by molar-refractivity contribution is 7.89. The third kappa shape index (κ3) is 8.73. The number of benzene rings is 2. The maximum atomic E-state index is 14.4. The van der Waals surface area contributed by atoms with Crippen molar-refractivity contribution in [3.63, 3.8) is 0 Å². The van der Waals surface area contributed by atoms with Crippen molar-refractivity contribution in [3.8, 4) is 5.75 Å². The number of imidazole rings is 1. The minimum Gasteiger partial charge on any atom is -0.497 e. The van der Waals surface area contributed by atoms with E-state index < -0.39 is 39.5 Å². The Kier molecular flexibility index (Phi) is 11.9. The molecule has 0 unspecified atom stereocenters. The molecule has 3 heterocycles. The maximum absolute atomic E-state index is 14.4. The van der Waals surface area contributed by atoms with Crippen LogP contribution in [0.15, 0.2) is 77.8 Å². The van der Waals surface area contributed by atoms with Gasteiger partial charge in [-0.15, -0.1) is 0 Å². The van der Waals surface area contributed by atoms with Crippen molar-refractivity contribution in [2.45, 2.75) is 70.7 Å². The normalized spacial score (nSPS) is 15.8. The average molecular weight is 734 g/mol. The summed E-state index contributed by atoms with van der Waals surface area (Å²) in [5, 5.41) is 14.9. The summed E-state index contributed by atoms with van der Waals surface area (Å²) in [6.45, 7) is 10.4. The summed E-state index contributed by atoms with van der Waals surface area (Å²) in [6, 6.07) is 17.2. The van der Waals surface area contributed by atoms with Crippen LogP contribution in [-0.2, 0) is 34.8 Å². The second-order valence-electron chi connectivity index (χ2n) is 14.9. The van der Waals surface area contributed by atoms with Gasteiger partial charge in [0.25, 0.3) is 0 Å². The summed E-state index contributed by atoms with van der Waals surface area (Å²) in [7, 11) is -0.646. The fraction of sp³-hybridized carbons (Fsp3) is 0.474. The van der Waals surface area contributed by atoms with Crippen LogP contribution < -0.4 is 10.1 Å². The molecule has 2 aromatic heterocycles. The lowest BCUT2D eigenvalue weighted by atomic mass is 9.84. The summed E-state index contributed by atoms with van der Waals surface area (Å²) in [5.41, 5.74) is 1.64. The molecule has 52 heavy (non-hydrogen) atoms. The number of sulfonamides is 1. The van der Waals surface area contributed by atoms with Crippen LogP contribution in [0.4, 0.5) is 4.79 Å². The number of aromatic nitrogens is 3. The number of fused-ring (bicyclic) bond motifs is 1. The van der Waals surface area contributed by atoms with Crippen molar-refractivity contribution in [1.82, 2.24) is 34.0 Å². The number of hydrogen-bond acceptors (Lipinski definition) is 8. The summed E-state index contributed by atoms with van der Waals surface area (Å²) in [5.74, 6) is 0.734. The van der Waals surface area contributed by atoms with Crippen molar-refractivity contribution in [2.75, 3.05) is 33.3 Å². The number of carbonyl (C=O) groups excluding carboxylic acids is 2. The van der Waals surface area contributed by atoms with Crippen molar-refractivity contribution >= 4 is 33.1 Å². The van der Waals surface area contributed by atoms with Crippen LogP contribution in [0.1, 0.15) is 46.0 Å². The SMILES string of the molecule is COc1ccc(S(=O)(=O)N(CC(C)C)C[C@@H](O)[C@H](Cc2ccccc2)NC(=O)[C@@H](N2CCN(Cc3nc4cccnc4n3C)C2=O)C(C)(C)C)cc1. The van der Waals surface area contributed by atoms with E-state index in [-0.39, 0.29) is 42.9 Å². The summed E-state index contributed by atoms with van der Waals surface area (Å²) < 4.78 is 36.2. The lowest BCUT2D eigenvalue weighted by molar-refractivity contribution is -0.130. The number of aliphatic hydroxyl groups is 1. The molecule has 4 aromatic rings. The largest absolute Gasteiger partial charge is 0.497 e. The first-order valence-electron chi connectivity index (χ1n) is 17.6. The molecule has 5 rings (SSSR count). The Labute approximate surface area is 306 Å². The Hall–Kier alpha value is -4.53. The molecule has 0 aliphatic carbocycles. The minimum atomic E-state index is -4.02. The van der Waals surface area contributed by atoms with E-state index in [1.165, 1.54) is 23.5 Å². The molecule has 280 valence electrons. The molecule has 0 radical (unpaired) electrons. The van der Waals surface area contributed by atoms with Gasteiger partial charge in [-0.1, -0.05) is 65.0 Å². The van der Waals surface area contributed by atoms with Gasteiger partial charge in [0.2, 0.25) is 15.9 Å². The monoisotopic (exact) mass is 733 g/mol. The van der Waals surface area contributed by atoms with E-state index in [1.54, 1.807) is 28.1 Å². The topological polar surface area (TPSA) is 150 Å². The summed E-state index contributed by atoms with van der Waals surface area (Å²) in [4.78, 5) is 40.8. The van der Waals surface area contributed by atoms with Crippen LogP contribution in [-0.4, -0.2) is 106 Å². The number of hydrogen-bond donors (Lipinski definition) is 2. The molecular weight excluding hydrogens is 683 g/mol. The van der Waals surface area contributed by atoms with E-state index in [0.717, 1.165) is 16.7 Å². The molecule has 0 bridgehead atoms. The highest BCUT2D eigenvalue weighted by Gasteiger charge is 2.44. The smallest absolute Gasteiger partial charge is 0.321 e. The number of pyridine rings is 1. The van der Waals surface area contributed by atoms with E-state index >= 15 is 0 Å². The summed E-state index contributed by atoms with van der Waals surface area (Å²) >= 11 is 0. The van der Waals surface area contributed by atoms with Gasteiger partial charge in [-0.25, -0.2) is 23.2 Å². The van der Waals surface area contributed by atoms with Gasteiger partial charge < -0.3 is 29.5 Å². The van der Waals surface area contributed by atoms with E-state index in [2.05, 4.69) is 15.3 Å². The number of methoxy groups -OCH3 is 1. The molecule has 13 nitrogen and oxygen atoms in total. The molecular formula is C38H51N7O6S. The standard InChI is InChI=1S/C38H51N7O6S/c1-26(2)23-44(52(49,50)29-17-15-28(51-7)16-18-29)24-32(46)31(22-27-12-9-8-10-13-27)41-36(47)34(38(3,4)5)45-21-20-43(37(45)48)25-33-40-30-14-11-19-39-35(30)42(33)6/h8-19,26,31-32,34,46H,20-25H2,1-7H3,(H,41,47)/t31-,32+,34+/m0/s1. The van der Waals surface area contributed by atoms with Gasteiger partial charge in [0.05, 0.1) is 30.7 Å². The van der Waals surface area contributed by atoms with Crippen molar-refractivity contribution < 1.29 is 27.9 Å². The molecule has 2 aromatic carbocycles. The first kappa shape index (κ1) is 38.7. The maximum Gasteiger partial charge on any atom is 0.321 e. The molecule has 1 aliphatic rings.